The largest absolute Gasteiger partial charge is 0.418 e. The van der Waals surface area contributed by atoms with Crippen molar-refractivity contribution in [3.63, 3.8) is 0 Å². The number of Topliss-reactive ketones (excluding diaryl/α,β-unsaturated/α-hetero) is 1. The number of benzene rings is 1. The maximum atomic E-state index is 13.0. The molecule has 0 bridgehead atoms. The van der Waals surface area contributed by atoms with Gasteiger partial charge < -0.3 is 0 Å². The van der Waals surface area contributed by atoms with E-state index in [1.165, 1.54) is 6.07 Å². The van der Waals surface area contributed by atoms with Crippen molar-refractivity contribution in [2.45, 2.75) is 13.1 Å². The van der Waals surface area contributed by atoms with Crippen molar-refractivity contribution in [1.29, 1.82) is 0 Å². The molecule has 9 heteroatoms. The number of halogens is 3. The Kier molecular flexibility index (Phi) is 3.74. The molecule has 2 rings (SSSR count). The lowest BCUT2D eigenvalue weighted by Gasteiger charge is -2.30. The monoisotopic (exact) mass is 314 g/mol. The van der Waals surface area contributed by atoms with Crippen LogP contribution in [0.2, 0.25) is 0 Å². The predicted molar refractivity (Wildman–Crippen MR) is 66.6 cm³/mol. The van der Waals surface area contributed by atoms with E-state index in [2.05, 4.69) is 0 Å². The zero-order chi connectivity index (χ0) is 16.7. The number of hydrogen-bond donors (Lipinski definition) is 1. The van der Waals surface area contributed by atoms with Crippen LogP contribution in [0.4, 0.5) is 23.7 Å². The first-order chi connectivity index (χ1) is 10.1. The molecule has 6 nitrogen and oxygen atoms in total. The van der Waals surface area contributed by atoms with Crippen molar-refractivity contribution >= 4 is 29.3 Å². The summed E-state index contributed by atoms with van der Waals surface area (Å²) in [4.78, 5) is 46.9. The van der Waals surface area contributed by atoms with Gasteiger partial charge in [-0.25, -0.2) is 9.69 Å². The standard InChI is InChI=1S/C13H9F3N2O4/c1-6(19)9-10(20)17-12(22)18(11(9)21)8-5-3-2-4-7(8)13(14,15)16/h2-5,9H,1H3,(H,17,20,22)/t9-/m1/s1. The highest BCUT2D eigenvalue weighted by atomic mass is 19.4. The summed E-state index contributed by atoms with van der Waals surface area (Å²) in [6.45, 7) is 0.936. The normalized spacial score (nSPS) is 19.2. The number of nitrogens with one attached hydrogen (secondary N) is 1. The molecule has 1 N–H and O–H groups in total. The number of ketones is 1. The topological polar surface area (TPSA) is 83.6 Å². The quantitative estimate of drug-likeness (QED) is 0.838. The second kappa shape index (κ2) is 5.24. The molecular weight excluding hydrogens is 305 g/mol. The Morgan fingerprint density at radius 1 is 1.18 bits per heavy atom. The lowest BCUT2D eigenvalue weighted by molar-refractivity contribution is -0.140. The maximum Gasteiger partial charge on any atom is 0.418 e. The zero-order valence-electron chi connectivity index (χ0n) is 11.1. The summed E-state index contributed by atoms with van der Waals surface area (Å²) in [5.74, 6) is -5.18. The fourth-order valence-corrected chi connectivity index (χ4v) is 2.07. The van der Waals surface area contributed by atoms with E-state index in [1.54, 1.807) is 5.32 Å². The van der Waals surface area contributed by atoms with Crippen molar-refractivity contribution in [1.82, 2.24) is 5.32 Å². The third kappa shape index (κ3) is 2.57. The van der Waals surface area contributed by atoms with Crippen LogP contribution in [0, 0.1) is 5.92 Å². The van der Waals surface area contributed by atoms with Crippen molar-refractivity contribution in [3.05, 3.63) is 29.8 Å². The molecule has 1 aromatic rings. The molecule has 1 aliphatic rings. The van der Waals surface area contributed by atoms with E-state index >= 15 is 0 Å². The van der Waals surface area contributed by atoms with E-state index in [-0.39, 0.29) is 4.90 Å². The highest BCUT2D eigenvalue weighted by Gasteiger charge is 2.46. The van der Waals surface area contributed by atoms with E-state index < -0.39 is 47.0 Å². The van der Waals surface area contributed by atoms with Gasteiger partial charge in [0.1, 0.15) is 0 Å². The molecule has 0 radical (unpaired) electrons. The van der Waals surface area contributed by atoms with Crippen LogP contribution < -0.4 is 10.2 Å². The number of alkyl halides is 3. The molecule has 1 heterocycles. The first kappa shape index (κ1) is 15.7. The molecule has 1 atom stereocenters. The molecule has 4 amide bonds. The fraction of sp³-hybridized carbons (Fsp3) is 0.231. The molecule has 0 saturated carbocycles. The van der Waals surface area contributed by atoms with E-state index in [9.17, 15) is 32.3 Å². The van der Waals surface area contributed by atoms with Gasteiger partial charge in [-0.05, 0) is 19.1 Å². The number of amides is 4. The van der Waals surface area contributed by atoms with Crippen LogP contribution in [0.25, 0.3) is 0 Å². The lowest BCUT2D eigenvalue weighted by Crippen LogP contribution is -2.60. The van der Waals surface area contributed by atoms with Crippen LogP contribution in [-0.2, 0) is 20.6 Å². The van der Waals surface area contributed by atoms with Gasteiger partial charge in [-0.3, -0.25) is 19.7 Å². The van der Waals surface area contributed by atoms with Gasteiger partial charge >= 0.3 is 12.2 Å². The van der Waals surface area contributed by atoms with Gasteiger partial charge in [0.2, 0.25) is 5.91 Å². The van der Waals surface area contributed by atoms with Gasteiger partial charge in [0.15, 0.2) is 11.7 Å². The Hall–Kier alpha value is -2.71. The van der Waals surface area contributed by atoms with E-state index in [0.29, 0.717) is 6.07 Å². The highest BCUT2D eigenvalue weighted by molar-refractivity contribution is 6.34. The summed E-state index contributed by atoms with van der Waals surface area (Å²) >= 11 is 0. The number of carbonyl (C=O) groups is 4. The first-order valence-corrected chi connectivity index (χ1v) is 6.00. The number of nitrogens with zero attached hydrogens (tertiary/aromatic N) is 1. The zero-order valence-corrected chi connectivity index (χ0v) is 11.1. The van der Waals surface area contributed by atoms with Gasteiger partial charge in [-0.2, -0.15) is 13.2 Å². The molecule has 1 aromatic carbocycles. The summed E-state index contributed by atoms with van der Waals surface area (Å²) in [6.07, 6.45) is -4.82. The Morgan fingerprint density at radius 3 is 2.32 bits per heavy atom. The van der Waals surface area contributed by atoms with E-state index in [0.717, 1.165) is 19.1 Å². The minimum atomic E-state index is -4.82. The average Bonchev–Trinajstić information content (AvgIpc) is 2.36. The second-order valence-electron chi connectivity index (χ2n) is 4.53. The van der Waals surface area contributed by atoms with E-state index in [1.807, 2.05) is 0 Å². The van der Waals surface area contributed by atoms with Crippen molar-refractivity contribution in [2.24, 2.45) is 5.92 Å². The molecule has 0 aliphatic carbocycles. The van der Waals surface area contributed by atoms with Crippen molar-refractivity contribution < 1.29 is 32.3 Å². The van der Waals surface area contributed by atoms with Crippen molar-refractivity contribution in [2.75, 3.05) is 4.90 Å². The number of carbonyl (C=O) groups excluding carboxylic acids is 4. The van der Waals surface area contributed by atoms with Crippen LogP contribution in [-0.4, -0.2) is 23.6 Å². The van der Waals surface area contributed by atoms with Gasteiger partial charge in [-0.1, -0.05) is 12.1 Å². The van der Waals surface area contributed by atoms with Crippen LogP contribution in [0.5, 0.6) is 0 Å². The summed E-state index contributed by atoms with van der Waals surface area (Å²) in [7, 11) is 0. The molecule has 1 fully saturated rings. The fourth-order valence-electron chi connectivity index (χ4n) is 2.07. The molecule has 1 aliphatic heterocycles. The minimum Gasteiger partial charge on any atom is -0.299 e. The molecular formula is C13H9F3N2O4. The molecule has 0 unspecified atom stereocenters. The molecule has 0 spiro atoms. The maximum absolute atomic E-state index is 13.0. The third-order valence-corrected chi connectivity index (χ3v) is 3.02. The Balaban J connectivity index is 2.57. The Bertz CT molecular complexity index is 684. The van der Waals surface area contributed by atoms with Crippen LogP contribution in [0.3, 0.4) is 0 Å². The summed E-state index contributed by atoms with van der Waals surface area (Å²) in [5.41, 5.74) is -1.97. The second-order valence-corrected chi connectivity index (χ2v) is 4.53. The Morgan fingerprint density at radius 2 is 1.77 bits per heavy atom. The predicted octanol–water partition coefficient (Wildman–Crippen LogP) is 1.49. The number of imide groups is 2. The molecule has 116 valence electrons. The number of urea groups is 1. The smallest absolute Gasteiger partial charge is 0.299 e. The van der Waals surface area contributed by atoms with Crippen LogP contribution in [0.1, 0.15) is 12.5 Å². The molecule has 22 heavy (non-hydrogen) atoms. The van der Waals surface area contributed by atoms with Crippen molar-refractivity contribution in [3.8, 4) is 0 Å². The van der Waals surface area contributed by atoms with E-state index in [4.69, 9.17) is 0 Å². The molecule has 0 aromatic heterocycles. The van der Waals surface area contributed by atoms with Gasteiger partial charge in [-0.15, -0.1) is 0 Å². The highest BCUT2D eigenvalue weighted by Crippen LogP contribution is 2.37. The van der Waals surface area contributed by atoms with Crippen LogP contribution in [0.15, 0.2) is 24.3 Å². The number of anilines is 1. The van der Waals surface area contributed by atoms with Gasteiger partial charge in [0.25, 0.3) is 5.91 Å². The SMILES string of the molecule is CC(=O)[C@@H]1C(=O)NC(=O)N(c2ccccc2C(F)(F)F)C1=O. The number of barbiturate groups is 1. The average molecular weight is 314 g/mol. The van der Waals surface area contributed by atoms with Gasteiger partial charge in [0.05, 0.1) is 11.3 Å². The lowest BCUT2D eigenvalue weighted by atomic mass is 9.99. The number of hydrogen-bond acceptors (Lipinski definition) is 4. The third-order valence-electron chi connectivity index (χ3n) is 3.02. The minimum absolute atomic E-state index is 0.163. The first-order valence-electron chi connectivity index (χ1n) is 6.00. The Labute approximate surface area is 121 Å². The number of para-hydroxylation sites is 1. The summed E-state index contributed by atoms with van der Waals surface area (Å²) in [6, 6.07) is 2.56. The summed E-state index contributed by atoms with van der Waals surface area (Å²) < 4.78 is 39.0. The molecule has 1 saturated heterocycles. The number of rotatable bonds is 2. The van der Waals surface area contributed by atoms with Gasteiger partial charge in [0, 0.05) is 0 Å². The summed E-state index contributed by atoms with van der Waals surface area (Å²) in [5, 5.41) is 1.71. The van der Waals surface area contributed by atoms with Crippen LogP contribution >= 0.6 is 0 Å².